The SMILES string of the molecule is COc1c(Br)cc(C(C)O)cc1SC. The molecule has 0 radical (unpaired) electrons. The minimum absolute atomic E-state index is 0.455. The first kappa shape index (κ1) is 11.9. The van der Waals surface area contributed by atoms with E-state index in [2.05, 4.69) is 15.9 Å². The van der Waals surface area contributed by atoms with Crippen LogP contribution < -0.4 is 4.74 Å². The highest BCUT2D eigenvalue weighted by atomic mass is 79.9. The predicted octanol–water partition coefficient (Wildman–Crippen LogP) is 3.23. The van der Waals surface area contributed by atoms with E-state index >= 15 is 0 Å². The second-order valence-electron chi connectivity index (χ2n) is 2.91. The third kappa shape index (κ3) is 2.43. The number of hydrogen-bond acceptors (Lipinski definition) is 3. The number of hydrogen-bond donors (Lipinski definition) is 1. The van der Waals surface area contributed by atoms with Crippen molar-refractivity contribution in [2.45, 2.75) is 17.9 Å². The van der Waals surface area contributed by atoms with Gasteiger partial charge in [-0.15, -0.1) is 11.8 Å². The lowest BCUT2D eigenvalue weighted by molar-refractivity contribution is 0.199. The van der Waals surface area contributed by atoms with Crippen molar-refractivity contribution in [2.24, 2.45) is 0 Å². The van der Waals surface area contributed by atoms with Crippen molar-refractivity contribution >= 4 is 27.7 Å². The molecule has 4 heteroatoms. The summed E-state index contributed by atoms with van der Waals surface area (Å²) in [5.41, 5.74) is 0.891. The van der Waals surface area contributed by atoms with Crippen LogP contribution in [0, 0.1) is 0 Å². The van der Waals surface area contributed by atoms with E-state index in [1.165, 1.54) is 0 Å². The molecule has 0 aliphatic rings. The maximum atomic E-state index is 9.46. The van der Waals surface area contributed by atoms with Crippen molar-refractivity contribution in [2.75, 3.05) is 13.4 Å². The van der Waals surface area contributed by atoms with Crippen LogP contribution in [0.5, 0.6) is 5.75 Å². The van der Waals surface area contributed by atoms with Crippen molar-refractivity contribution in [3.05, 3.63) is 22.2 Å². The highest BCUT2D eigenvalue weighted by Gasteiger charge is 2.11. The van der Waals surface area contributed by atoms with E-state index in [4.69, 9.17) is 4.74 Å². The molecule has 14 heavy (non-hydrogen) atoms. The Labute approximate surface area is 96.8 Å². The van der Waals surface area contributed by atoms with Crippen LogP contribution in [-0.2, 0) is 0 Å². The zero-order valence-corrected chi connectivity index (χ0v) is 10.8. The molecule has 0 saturated heterocycles. The third-order valence-electron chi connectivity index (χ3n) is 1.94. The first-order chi connectivity index (χ1) is 6.60. The Bertz CT molecular complexity index is 326. The van der Waals surface area contributed by atoms with Gasteiger partial charge in [-0.05, 0) is 46.8 Å². The van der Waals surface area contributed by atoms with Crippen LogP contribution in [0.4, 0.5) is 0 Å². The molecular formula is C10H13BrO2S. The zero-order chi connectivity index (χ0) is 10.7. The largest absolute Gasteiger partial charge is 0.494 e. The molecule has 0 heterocycles. The molecule has 0 aliphatic carbocycles. The van der Waals surface area contributed by atoms with Crippen molar-refractivity contribution in [3.63, 3.8) is 0 Å². The van der Waals surface area contributed by atoms with Gasteiger partial charge in [-0.2, -0.15) is 0 Å². The van der Waals surface area contributed by atoms with E-state index in [1.807, 2.05) is 18.4 Å². The maximum Gasteiger partial charge on any atom is 0.146 e. The third-order valence-corrected chi connectivity index (χ3v) is 3.27. The van der Waals surface area contributed by atoms with Gasteiger partial charge >= 0.3 is 0 Å². The Morgan fingerprint density at radius 2 is 2.14 bits per heavy atom. The number of ether oxygens (including phenoxy) is 1. The van der Waals surface area contributed by atoms with Gasteiger partial charge < -0.3 is 9.84 Å². The van der Waals surface area contributed by atoms with Gasteiger partial charge in [-0.25, -0.2) is 0 Å². The monoisotopic (exact) mass is 276 g/mol. The van der Waals surface area contributed by atoms with E-state index in [1.54, 1.807) is 25.8 Å². The smallest absolute Gasteiger partial charge is 0.146 e. The topological polar surface area (TPSA) is 29.5 Å². The predicted molar refractivity (Wildman–Crippen MR) is 63.1 cm³/mol. The molecule has 78 valence electrons. The highest BCUT2D eigenvalue weighted by Crippen LogP contribution is 2.37. The van der Waals surface area contributed by atoms with Crippen LogP contribution in [0.25, 0.3) is 0 Å². The normalized spacial score (nSPS) is 12.6. The molecule has 1 aromatic rings. The molecule has 0 fully saturated rings. The number of methoxy groups -OCH3 is 1. The quantitative estimate of drug-likeness (QED) is 0.860. The molecule has 0 aromatic heterocycles. The highest BCUT2D eigenvalue weighted by molar-refractivity contribution is 9.10. The average molecular weight is 277 g/mol. The van der Waals surface area contributed by atoms with Crippen molar-refractivity contribution in [1.29, 1.82) is 0 Å². The molecule has 1 N–H and O–H groups in total. The van der Waals surface area contributed by atoms with Crippen LogP contribution >= 0.6 is 27.7 Å². The van der Waals surface area contributed by atoms with E-state index in [-0.39, 0.29) is 0 Å². The maximum absolute atomic E-state index is 9.46. The van der Waals surface area contributed by atoms with Gasteiger partial charge in [-0.3, -0.25) is 0 Å². The van der Waals surface area contributed by atoms with Crippen LogP contribution in [0.2, 0.25) is 0 Å². The fourth-order valence-corrected chi connectivity index (χ4v) is 2.58. The molecule has 1 aromatic carbocycles. The Kier molecular flexibility index (Phi) is 4.29. The van der Waals surface area contributed by atoms with E-state index in [9.17, 15) is 5.11 Å². The summed E-state index contributed by atoms with van der Waals surface area (Å²) >= 11 is 5.02. The Morgan fingerprint density at radius 1 is 1.50 bits per heavy atom. The number of benzene rings is 1. The van der Waals surface area contributed by atoms with Gasteiger partial charge in [0.1, 0.15) is 5.75 Å². The summed E-state index contributed by atoms with van der Waals surface area (Å²) in [5.74, 6) is 0.821. The number of thioether (sulfide) groups is 1. The lowest BCUT2D eigenvalue weighted by Gasteiger charge is -2.12. The number of aliphatic hydroxyl groups excluding tert-OH is 1. The van der Waals surface area contributed by atoms with Gasteiger partial charge in [0.15, 0.2) is 0 Å². The summed E-state index contributed by atoms with van der Waals surface area (Å²) in [6, 6.07) is 3.82. The fourth-order valence-electron chi connectivity index (χ4n) is 1.18. The van der Waals surface area contributed by atoms with Crippen molar-refractivity contribution in [3.8, 4) is 5.75 Å². The lowest BCUT2D eigenvalue weighted by Crippen LogP contribution is -1.94. The van der Waals surface area contributed by atoms with E-state index in [0.29, 0.717) is 0 Å². The molecule has 1 atom stereocenters. The minimum atomic E-state index is -0.455. The Morgan fingerprint density at radius 3 is 2.57 bits per heavy atom. The number of halogens is 1. The Balaban J connectivity index is 3.24. The van der Waals surface area contributed by atoms with E-state index < -0.39 is 6.10 Å². The molecule has 0 amide bonds. The van der Waals surface area contributed by atoms with Gasteiger partial charge in [-0.1, -0.05) is 0 Å². The average Bonchev–Trinajstić information content (AvgIpc) is 2.16. The summed E-state index contributed by atoms with van der Waals surface area (Å²) in [5, 5.41) is 9.46. The molecule has 0 spiro atoms. The second kappa shape index (κ2) is 5.05. The van der Waals surface area contributed by atoms with Gasteiger partial charge in [0.2, 0.25) is 0 Å². The van der Waals surface area contributed by atoms with Crippen LogP contribution in [0.15, 0.2) is 21.5 Å². The molecule has 1 rings (SSSR count). The zero-order valence-electron chi connectivity index (χ0n) is 8.37. The summed E-state index contributed by atoms with van der Waals surface area (Å²) in [6.45, 7) is 1.75. The number of rotatable bonds is 3. The van der Waals surface area contributed by atoms with Crippen molar-refractivity contribution in [1.82, 2.24) is 0 Å². The summed E-state index contributed by atoms with van der Waals surface area (Å²) < 4.78 is 6.13. The van der Waals surface area contributed by atoms with E-state index in [0.717, 1.165) is 20.7 Å². The minimum Gasteiger partial charge on any atom is -0.494 e. The first-order valence-electron chi connectivity index (χ1n) is 4.19. The van der Waals surface area contributed by atoms with Gasteiger partial charge in [0.05, 0.1) is 22.6 Å². The standard InChI is InChI=1S/C10H13BrO2S/c1-6(12)7-4-8(11)10(13-2)9(5-7)14-3/h4-6,12H,1-3H3. The lowest BCUT2D eigenvalue weighted by atomic mass is 10.1. The summed E-state index contributed by atoms with van der Waals surface area (Å²) in [4.78, 5) is 1.03. The number of aliphatic hydroxyl groups is 1. The van der Waals surface area contributed by atoms with Crippen LogP contribution in [-0.4, -0.2) is 18.5 Å². The Hall–Kier alpha value is -0.190. The van der Waals surface area contributed by atoms with Gasteiger partial charge in [0, 0.05) is 0 Å². The molecule has 0 aliphatic heterocycles. The van der Waals surface area contributed by atoms with Gasteiger partial charge in [0.25, 0.3) is 0 Å². The summed E-state index contributed by atoms with van der Waals surface area (Å²) in [6.07, 6.45) is 1.53. The first-order valence-corrected chi connectivity index (χ1v) is 6.21. The molecule has 2 nitrogen and oxygen atoms in total. The molecule has 0 saturated carbocycles. The van der Waals surface area contributed by atoms with Crippen LogP contribution in [0.1, 0.15) is 18.6 Å². The molecule has 1 unspecified atom stereocenters. The molecular weight excluding hydrogens is 264 g/mol. The molecule has 0 bridgehead atoms. The fraction of sp³-hybridized carbons (Fsp3) is 0.400. The van der Waals surface area contributed by atoms with Crippen molar-refractivity contribution < 1.29 is 9.84 Å². The second-order valence-corrected chi connectivity index (χ2v) is 4.62. The van der Waals surface area contributed by atoms with Crippen LogP contribution in [0.3, 0.4) is 0 Å². The summed E-state index contributed by atoms with van der Waals surface area (Å²) in [7, 11) is 1.64.